The van der Waals surface area contributed by atoms with E-state index in [0.29, 0.717) is 6.42 Å². The number of rotatable bonds is 11. The van der Waals surface area contributed by atoms with Crippen molar-refractivity contribution in [2.24, 2.45) is 4.99 Å². The van der Waals surface area contributed by atoms with E-state index in [1.807, 2.05) is 0 Å². The van der Waals surface area contributed by atoms with E-state index in [0.717, 1.165) is 55.4 Å². The van der Waals surface area contributed by atoms with Gasteiger partial charge in [-0.05, 0) is 49.3 Å². The van der Waals surface area contributed by atoms with Crippen molar-refractivity contribution in [3.8, 4) is 0 Å². The van der Waals surface area contributed by atoms with Crippen LogP contribution in [0.25, 0.3) is 0 Å². The van der Waals surface area contributed by atoms with Crippen molar-refractivity contribution in [2.45, 2.75) is 37.0 Å². The fourth-order valence-corrected chi connectivity index (χ4v) is 2.95. The van der Waals surface area contributed by atoms with E-state index >= 15 is 0 Å². The van der Waals surface area contributed by atoms with E-state index in [9.17, 15) is 9.18 Å². The molecule has 1 aromatic carbocycles. The number of halogens is 1. The summed E-state index contributed by atoms with van der Waals surface area (Å²) in [6, 6.07) is 6.57. The van der Waals surface area contributed by atoms with Crippen molar-refractivity contribution in [2.75, 3.05) is 33.0 Å². The van der Waals surface area contributed by atoms with Crippen LogP contribution in [0.3, 0.4) is 0 Å². The van der Waals surface area contributed by atoms with Crippen LogP contribution < -0.4 is 10.6 Å². The highest BCUT2D eigenvalue weighted by Gasteiger charge is 2.00. The first-order valence-corrected chi connectivity index (χ1v) is 9.54. The zero-order valence-corrected chi connectivity index (χ0v) is 15.8. The highest BCUT2D eigenvalue weighted by molar-refractivity contribution is 7.99. The third-order valence-corrected chi connectivity index (χ3v) is 4.60. The zero-order chi connectivity index (χ0) is 18.3. The monoisotopic (exact) mass is 369 g/mol. The van der Waals surface area contributed by atoms with E-state index in [-0.39, 0.29) is 11.8 Å². The standard InChI is InChI=1S/C18H28FN3O2S/c1-20-18(21-12-5-3-4-7-17(23)24-2)22-13-6-14-25-16-10-8-15(19)9-11-16/h8-11H,3-7,12-14H2,1-2H3,(H2,20,21,22). The molecule has 0 unspecified atom stereocenters. The van der Waals surface area contributed by atoms with Crippen molar-refractivity contribution in [1.82, 2.24) is 10.6 Å². The van der Waals surface area contributed by atoms with E-state index < -0.39 is 0 Å². The number of methoxy groups -OCH3 is 1. The zero-order valence-electron chi connectivity index (χ0n) is 15.0. The Morgan fingerprint density at radius 1 is 1.12 bits per heavy atom. The molecule has 0 saturated carbocycles. The third kappa shape index (κ3) is 10.7. The molecule has 0 aliphatic heterocycles. The van der Waals surface area contributed by atoms with Crippen LogP contribution in [0.15, 0.2) is 34.2 Å². The Labute approximate surface area is 153 Å². The minimum atomic E-state index is -0.203. The van der Waals surface area contributed by atoms with Gasteiger partial charge < -0.3 is 15.4 Å². The van der Waals surface area contributed by atoms with Crippen molar-refractivity contribution in [1.29, 1.82) is 0 Å². The van der Waals surface area contributed by atoms with Crippen LogP contribution in [-0.2, 0) is 9.53 Å². The second-order valence-electron chi connectivity index (χ2n) is 5.47. The molecule has 0 radical (unpaired) electrons. The Kier molecular flexibility index (Phi) is 11.5. The molecule has 0 amide bonds. The number of thioether (sulfide) groups is 1. The van der Waals surface area contributed by atoms with Crippen LogP contribution >= 0.6 is 11.8 Å². The van der Waals surface area contributed by atoms with Crippen LogP contribution in [0.2, 0.25) is 0 Å². The molecule has 25 heavy (non-hydrogen) atoms. The summed E-state index contributed by atoms with van der Waals surface area (Å²) in [4.78, 5) is 16.3. The quantitative estimate of drug-likeness (QED) is 0.206. The molecular weight excluding hydrogens is 341 g/mol. The number of nitrogens with one attached hydrogen (secondary N) is 2. The normalized spacial score (nSPS) is 11.2. The number of nitrogens with zero attached hydrogens (tertiary/aromatic N) is 1. The molecular formula is C18H28FN3O2S. The number of carbonyl (C=O) groups is 1. The average molecular weight is 370 g/mol. The third-order valence-electron chi connectivity index (χ3n) is 3.50. The highest BCUT2D eigenvalue weighted by atomic mass is 32.2. The summed E-state index contributed by atoms with van der Waals surface area (Å²) in [6.07, 6.45) is 4.28. The Bertz CT molecular complexity index is 524. The average Bonchev–Trinajstić information content (AvgIpc) is 2.63. The molecule has 0 atom stereocenters. The molecule has 140 valence electrons. The predicted molar refractivity (Wildman–Crippen MR) is 102 cm³/mol. The maximum absolute atomic E-state index is 12.8. The lowest BCUT2D eigenvalue weighted by molar-refractivity contribution is -0.140. The van der Waals surface area contributed by atoms with Crippen LogP contribution in [0.4, 0.5) is 4.39 Å². The van der Waals surface area contributed by atoms with Gasteiger partial charge in [0.1, 0.15) is 5.82 Å². The fourth-order valence-electron chi connectivity index (χ4n) is 2.10. The number of hydrogen-bond donors (Lipinski definition) is 2. The van der Waals surface area contributed by atoms with Crippen LogP contribution in [0.1, 0.15) is 32.1 Å². The first-order chi connectivity index (χ1) is 12.2. The minimum Gasteiger partial charge on any atom is -0.469 e. The van der Waals surface area contributed by atoms with Gasteiger partial charge in [-0.15, -0.1) is 11.8 Å². The number of aliphatic imine (C=N–C) groups is 1. The first-order valence-electron chi connectivity index (χ1n) is 8.55. The molecule has 0 spiro atoms. The largest absolute Gasteiger partial charge is 0.469 e. The van der Waals surface area contributed by atoms with E-state index in [4.69, 9.17) is 0 Å². The number of carbonyl (C=O) groups excluding carboxylic acids is 1. The van der Waals surface area contributed by atoms with Crippen molar-refractivity contribution in [3.63, 3.8) is 0 Å². The lowest BCUT2D eigenvalue weighted by atomic mass is 10.2. The molecule has 0 saturated heterocycles. The van der Waals surface area contributed by atoms with Gasteiger partial charge in [-0.3, -0.25) is 9.79 Å². The number of guanidine groups is 1. The molecule has 2 N–H and O–H groups in total. The highest BCUT2D eigenvalue weighted by Crippen LogP contribution is 2.18. The Morgan fingerprint density at radius 2 is 1.80 bits per heavy atom. The molecule has 5 nitrogen and oxygen atoms in total. The summed E-state index contributed by atoms with van der Waals surface area (Å²) in [6.45, 7) is 1.65. The molecule has 1 rings (SSSR count). The van der Waals surface area contributed by atoms with Crippen LogP contribution in [0.5, 0.6) is 0 Å². The van der Waals surface area contributed by atoms with Crippen molar-refractivity contribution >= 4 is 23.7 Å². The number of benzene rings is 1. The number of hydrogen-bond acceptors (Lipinski definition) is 4. The van der Waals surface area contributed by atoms with Crippen molar-refractivity contribution in [3.05, 3.63) is 30.1 Å². The minimum absolute atomic E-state index is 0.149. The summed E-state index contributed by atoms with van der Waals surface area (Å²) in [5.41, 5.74) is 0. The predicted octanol–water partition coefficient (Wildman–Crippen LogP) is 3.21. The van der Waals surface area contributed by atoms with Gasteiger partial charge in [0.15, 0.2) is 5.96 Å². The molecule has 1 aromatic rings. The lowest BCUT2D eigenvalue weighted by Crippen LogP contribution is -2.38. The second kappa shape index (κ2) is 13.5. The van der Waals surface area contributed by atoms with Gasteiger partial charge in [0.25, 0.3) is 0 Å². The number of unbranched alkanes of at least 4 members (excludes halogenated alkanes) is 2. The summed E-state index contributed by atoms with van der Waals surface area (Å²) in [5, 5.41) is 6.54. The van der Waals surface area contributed by atoms with Gasteiger partial charge >= 0.3 is 5.97 Å². The van der Waals surface area contributed by atoms with Gasteiger partial charge in [0.05, 0.1) is 7.11 Å². The summed E-state index contributed by atoms with van der Waals surface area (Å²) < 4.78 is 17.4. The molecule has 0 bridgehead atoms. The molecule has 7 heteroatoms. The lowest BCUT2D eigenvalue weighted by Gasteiger charge is -2.11. The van der Waals surface area contributed by atoms with Crippen LogP contribution in [-0.4, -0.2) is 44.9 Å². The molecule has 0 heterocycles. The van der Waals surface area contributed by atoms with Gasteiger partial charge in [-0.1, -0.05) is 6.42 Å². The van der Waals surface area contributed by atoms with Gasteiger partial charge in [0.2, 0.25) is 0 Å². The topological polar surface area (TPSA) is 62.7 Å². The molecule has 0 fully saturated rings. The summed E-state index contributed by atoms with van der Waals surface area (Å²) >= 11 is 1.71. The molecule has 0 aliphatic rings. The Morgan fingerprint density at radius 3 is 2.44 bits per heavy atom. The Balaban J connectivity index is 2.02. The van der Waals surface area contributed by atoms with E-state index in [1.165, 1.54) is 19.2 Å². The smallest absolute Gasteiger partial charge is 0.305 e. The SMILES string of the molecule is CN=C(NCCCCCC(=O)OC)NCCCSc1ccc(F)cc1. The maximum Gasteiger partial charge on any atom is 0.305 e. The van der Waals surface area contributed by atoms with E-state index in [2.05, 4.69) is 20.4 Å². The Hall–Kier alpha value is -1.76. The second-order valence-corrected chi connectivity index (χ2v) is 6.64. The summed E-state index contributed by atoms with van der Waals surface area (Å²) in [5.74, 6) is 1.40. The number of ether oxygens (including phenoxy) is 1. The van der Waals surface area contributed by atoms with Crippen LogP contribution in [0, 0.1) is 5.82 Å². The maximum atomic E-state index is 12.8. The molecule has 0 aliphatic carbocycles. The van der Waals surface area contributed by atoms with Gasteiger partial charge in [0, 0.05) is 31.5 Å². The van der Waals surface area contributed by atoms with Crippen molar-refractivity contribution < 1.29 is 13.9 Å². The van der Waals surface area contributed by atoms with Gasteiger partial charge in [-0.2, -0.15) is 0 Å². The first kappa shape index (κ1) is 21.3. The fraction of sp³-hybridized carbons (Fsp3) is 0.556. The van der Waals surface area contributed by atoms with Gasteiger partial charge in [-0.25, -0.2) is 4.39 Å². The molecule has 0 aromatic heterocycles. The van der Waals surface area contributed by atoms with E-state index in [1.54, 1.807) is 30.9 Å². The number of esters is 1. The summed E-state index contributed by atoms with van der Waals surface area (Å²) in [7, 11) is 3.16.